The molecule has 1 aromatic heterocycles. The van der Waals surface area contributed by atoms with Crippen LogP contribution in [0.4, 0.5) is 11.4 Å². The number of methoxy groups -OCH3 is 1. The molecule has 1 amide bonds. The van der Waals surface area contributed by atoms with E-state index in [1.807, 2.05) is 49.3 Å². The zero-order valence-corrected chi connectivity index (χ0v) is 13.3. The Labute approximate surface area is 134 Å². The van der Waals surface area contributed by atoms with Gasteiger partial charge in [0.2, 0.25) is 0 Å². The van der Waals surface area contributed by atoms with Crippen LogP contribution in [0.2, 0.25) is 0 Å². The van der Waals surface area contributed by atoms with Gasteiger partial charge in [0.1, 0.15) is 11.3 Å². The Balaban J connectivity index is 1.80. The van der Waals surface area contributed by atoms with Crippen LogP contribution in [0.15, 0.2) is 52.9 Å². The quantitative estimate of drug-likeness (QED) is 0.797. The van der Waals surface area contributed by atoms with Crippen LogP contribution < -0.4 is 15.0 Å². The van der Waals surface area contributed by atoms with Gasteiger partial charge in [0.15, 0.2) is 5.76 Å². The molecular weight excluding hydrogens is 292 g/mol. The van der Waals surface area contributed by atoms with Gasteiger partial charge >= 0.3 is 0 Å². The lowest BCUT2D eigenvalue weighted by Crippen LogP contribution is -2.11. The number of rotatable bonds is 4. The molecule has 0 spiro atoms. The number of hydrogen-bond acceptors (Lipinski definition) is 4. The molecule has 1 heterocycles. The minimum atomic E-state index is -0.280. The fourth-order valence-electron chi connectivity index (χ4n) is 2.30. The van der Waals surface area contributed by atoms with Crippen LogP contribution in [-0.4, -0.2) is 27.1 Å². The number of furan rings is 1. The maximum Gasteiger partial charge on any atom is 0.291 e. The molecule has 0 bridgehead atoms. The molecule has 0 radical (unpaired) electrons. The van der Waals surface area contributed by atoms with E-state index in [0.717, 1.165) is 22.5 Å². The van der Waals surface area contributed by atoms with Gasteiger partial charge in [0, 0.05) is 30.9 Å². The highest BCUT2D eigenvalue weighted by Gasteiger charge is 2.13. The van der Waals surface area contributed by atoms with Gasteiger partial charge in [-0.3, -0.25) is 4.79 Å². The Bertz CT molecular complexity index is 835. The number of anilines is 2. The summed E-state index contributed by atoms with van der Waals surface area (Å²) in [7, 11) is 5.54. The molecule has 23 heavy (non-hydrogen) atoms. The number of ether oxygens (including phenoxy) is 1. The van der Waals surface area contributed by atoms with E-state index in [1.165, 1.54) is 0 Å². The Morgan fingerprint density at radius 1 is 1.09 bits per heavy atom. The minimum Gasteiger partial charge on any atom is -0.497 e. The first-order chi connectivity index (χ1) is 11.1. The smallest absolute Gasteiger partial charge is 0.291 e. The molecule has 0 aliphatic heterocycles. The summed E-state index contributed by atoms with van der Waals surface area (Å²) in [5.41, 5.74) is 2.44. The topological polar surface area (TPSA) is 54.7 Å². The summed E-state index contributed by atoms with van der Waals surface area (Å²) in [6.45, 7) is 0. The highest BCUT2D eigenvalue weighted by Crippen LogP contribution is 2.25. The zero-order valence-electron chi connectivity index (χ0n) is 13.3. The highest BCUT2D eigenvalue weighted by atomic mass is 16.5. The monoisotopic (exact) mass is 310 g/mol. The summed E-state index contributed by atoms with van der Waals surface area (Å²) in [5, 5.41) is 3.66. The largest absolute Gasteiger partial charge is 0.497 e. The predicted octanol–water partition coefficient (Wildman–Crippen LogP) is 3.76. The number of fused-ring (bicyclic) bond motifs is 1. The van der Waals surface area contributed by atoms with Crippen LogP contribution in [0.25, 0.3) is 11.0 Å². The van der Waals surface area contributed by atoms with Crippen molar-refractivity contribution in [2.24, 2.45) is 0 Å². The lowest BCUT2D eigenvalue weighted by Gasteiger charge is -2.12. The third kappa shape index (κ3) is 3.13. The van der Waals surface area contributed by atoms with E-state index < -0.39 is 0 Å². The maximum atomic E-state index is 12.3. The lowest BCUT2D eigenvalue weighted by atomic mass is 10.2. The van der Waals surface area contributed by atoms with E-state index in [9.17, 15) is 4.79 Å². The molecule has 118 valence electrons. The van der Waals surface area contributed by atoms with Crippen molar-refractivity contribution in [1.29, 1.82) is 0 Å². The van der Waals surface area contributed by atoms with Gasteiger partial charge in [-0.1, -0.05) is 0 Å². The number of hydrogen-bond donors (Lipinski definition) is 1. The van der Waals surface area contributed by atoms with Crippen LogP contribution in [0.3, 0.4) is 0 Å². The van der Waals surface area contributed by atoms with E-state index in [2.05, 4.69) is 5.32 Å². The number of amides is 1. The van der Waals surface area contributed by atoms with Crippen molar-refractivity contribution in [3.8, 4) is 5.75 Å². The van der Waals surface area contributed by atoms with E-state index in [4.69, 9.17) is 9.15 Å². The van der Waals surface area contributed by atoms with Gasteiger partial charge in [-0.05, 0) is 48.5 Å². The summed E-state index contributed by atoms with van der Waals surface area (Å²) in [6, 6.07) is 14.7. The van der Waals surface area contributed by atoms with E-state index in [0.29, 0.717) is 5.58 Å². The second-order valence-electron chi connectivity index (χ2n) is 5.41. The van der Waals surface area contributed by atoms with E-state index >= 15 is 0 Å². The first-order valence-corrected chi connectivity index (χ1v) is 7.23. The number of carbonyl (C=O) groups is 1. The van der Waals surface area contributed by atoms with Crippen molar-refractivity contribution < 1.29 is 13.9 Å². The maximum absolute atomic E-state index is 12.3. The molecular formula is C18H18N2O3. The normalized spacial score (nSPS) is 10.6. The summed E-state index contributed by atoms with van der Waals surface area (Å²) >= 11 is 0. The third-order valence-corrected chi connectivity index (χ3v) is 3.59. The number of benzene rings is 2. The molecule has 0 atom stereocenters. The molecule has 5 heteroatoms. The summed E-state index contributed by atoms with van der Waals surface area (Å²) in [4.78, 5) is 14.3. The molecule has 0 aliphatic rings. The fraction of sp³-hybridized carbons (Fsp3) is 0.167. The lowest BCUT2D eigenvalue weighted by molar-refractivity contribution is 0.0998. The summed E-state index contributed by atoms with van der Waals surface area (Å²) < 4.78 is 10.8. The minimum absolute atomic E-state index is 0.268. The van der Waals surface area contributed by atoms with Crippen molar-refractivity contribution in [2.75, 3.05) is 31.4 Å². The molecule has 0 aliphatic carbocycles. The van der Waals surface area contributed by atoms with Gasteiger partial charge < -0.3 is 19.4 Å². The number of nitrogens with zero attached hydrogens (tertiary/aromatic N) is 1. The molecule has 5 nitrogen and oxygen atoms in total. The number of nitrogens with one attached hydrogen (secondary N) is 1. The van der Waals surface area contributed by atoms with Gasteiger partial charge in [0.05, 0.1) is 7.11 Å². The average molecular weight is 310 g/mol. The van der Waals surface area contributed by atoms with Crippen molar-refractivity contribution in [3.63, 3.8) is 0 Å². The molecule has 0 unspecified atom stereocenters. The molecule has 0 saturated carbocycles. The summed E-state index contributed by atoms with van der Waals surface area (Å²) in [5.74, 6) is 0.715. The van der Waals surface area contributed by atoms with E-state index in [1.54, 1.807) is 25.3 Å². The third-order valence-electron chi connectivity index (χ3n) is 3.59. The first-order valence-electron chi connectivity index (χ1n) is 7.23. The second-order valence-corrected chi connectivity index (χ2v) is 5.41. The van der Waals surface area contributed by atoms with Crippen LogP contribution in [0.1, 0.15) is 10.6 Å². The van der Waals surface area contributed by atoms with Gasteiger partial charge in [0.25, 0.3) is 5.91 Å². The predicted molar refractivity (Wildman–Crippen MR) is 91.5 cm³/mol. The Hall–Kier alpha value is -2.95. The SMILES string of the molecule is COc1ccc2oc(C(=O)Nc3ccc(N(C)C)cc3)cc2c1. The van der Waals surface area contributed by atoms with Crippen LogP contribution in [-0.2, 0) is 0 Å². The Kier molecular flexibility index (Phi) is 3.93. The van der Waals surface area contributed by atoms with Crippen LogP contribution >= 0.6 is 0 Å². The molecule has 3 rings (SSSR count). The summed E-state index contributed by atoms with van der Waals surface area (Å²) in [6.07, 6.45) is 0. The van der Waals surface area contributed by atoms with Crippen molar-refractivity contribution in [1.82, 2.24) is 0 Å². The molecule has 0 fully saturated rings. The zero-order chi connectivity index (χ0) is 16.4. The van der Waals surface area contributed by atoms with Gasteiger partial charge in [-0.15, -0.1) is 0 Å². The van der Waals surface area contributed by atoms with Gasteiger partial charge in [-0.25, -0.2) is 0 Å². The molecule has 2 aromatic carbocycles. The van der Waals surface area contributed by atoms with Crippen molar-refractivity contribution in [2.45, 2.75) is 0 Å². The fourth-order valence-corrected chi connectivity index (χ4v) is 2.30. The molecule has 1 N–H and O–H groups in total. The first kappa shape index (κ1) is 15.0. The Morgan fingerprint density at radius 3 is 2.48 bits per heavy atom. The second kappa shape index (κ2) is 6.04. The molecule has 0 saturated heterocycles. The van der Waals surface area contributed by atoms with Gasteiger partial charge in [-0.2, -0.15) is 0 Å². The number of carbonyl (C=O) groups excluding carboxylic acids is 1. The standard InChI is InChI=1S/C18H18N2O3/c1-20(2)14-6-4-13(5-7-14)19-18(21)17-11-12-10-15(22-3)8-9-16(12)23-17/h4-11H,1-3H3,(H,19,21). The highest BCUT2D eigenvalue weighted by molar-refractivity contribution is 6.04. The van der Waals surface area contributed by atoms with E-state index in [-0.39, 0.29) is 11.7 Å². The van der Waals surface area contributed by atoms with Crippen LogP contribution in [0, 0.1) is 0 Å². The van der Waals surface area contributed by atoms with Crippen molar-refractivity contribution in [3.05, 3.63) is 54.3 Å². The molecule has 3 aromatic rings. The van der Waals surface area contributed by atoms with Crippen molar-refractivity contribution >= 4 is 28.3 Å². The van der Waals surface area contributed by atoms with Crippen LogP contribution in [0.5, 0.6) is 5.75 Å². The Morgan fingerprint density at radius 2 is 1.83 bits per heavy atom. The average Bonchev–Trinajstić information content (AvgIpc) is 2.98.